The number of hydrogen-bond acceptors (Lipinski definition) is 1. The van der Waals surface area contributed by atoms with Crippen LogP contribution in [0.15, 0.2) is 164 Å². The highest BCUT2D eigenvalue weighted by Gasteiger charge is 2.21. The number of ether oxygens (including phenoxy) is 1. The van der Waals surface area contributed by atoms with Gasteiger partial charge in [0.2, 0.25) is 0 Å². The summed E-state index contributed by atoms with van der Waals surface area (Å²) in [4.78, 5) is 0. The predicted octanol–water partition coefficient (Wildman–Crippen LogP) is 12.2. The third kappa shape index (κ3) is 3.71. The van der Waals surface area contributed by atoms with Crippen LogP contribution in [0.25, 0.3) is 82.4 Å². The van der Waals surface area contributed by atoms with Gasteiger partial charge in [-0.2, -0.15) is 0 Å². The lowest BCUT2D eigenvalue weighted by atomic mass is 9.92. The number of benzene rings is 8. The molecular formula is C44H27NO. The van der Waals surface area contributed by atoms with E-state index in [0.717, 1.165) is 22.7 Å². The molecule has 0 radical (unpaired) electrons. The average Bonchev–Trinajstić information content (AvgIpc) is 3.44. The highest BCUT2D eigenvalue weighted by Crippen LogP contribution is 2.47. The summed E-state index contributed by atoms with van der Waals surface area (Å²) in [6.07, 6.45) is 0. The van der Waals surface area contributed by atoms with Crippen LogP contribution in [0.1, 0.15) is 0 Å². The SMILES string of the molecule is c1ccc(-n2c3cc4ccccc4cc3c3cccc(-c4ccc(-c5ccc6c(c5)-c5cccc7cccc(c57)O6)cc4)c32)cc1. The van der Waals surface area contributed by atoms with Gasteiger partial charge < -0.3 is 9.30 Å². The highest BCUT2D eigenvalue weighted by atomic mass is 16.5. The Kier molecular flexibility index (Phi) is 5.31. The molecule has 2 heterocycles. The van der Waals surface area contributed by atoms with Crippen molar-refractivity contribution in [2.24, 2.45) is 0 Å². The van der Waals surface area contributed by atoms with Crippen molar-refractivity contribution in [3.63, 3.8) is 0 Å². The minimum absolute atomic E-state index is 0.902. The second-order valence-corrected chi connectivity index (χ2v) is 12.1. The summed E-state index contributed by atoms with van der Waals surface area (Å²) in [5.74, 6) is 1.83. The third-order valence-electron chi connectivity index (χ3n) is 9.55. The zero-order valence-electron chi connectivity index (χ0n) is 24.9. The van der Waals surface area contributed by atoms with Gasteiger partial charge in [0.15, 0.2) is 0 Å². The summed E-state index contributed by atoms with van der Waals surface area (Å²) < 4.78 is 8.79. The average molecular weight is 586 g/mol. The van der Waals surface area contributed by atoms with Crippen LogP contribution in [0.2, 0.25) is 0 Å². The maximum absolute atomic E-state index is 6.35. The molecule has 0 amide bonds. The Morgan fingerprint density at radius 3 is 1.91 bits per heavy atom. The largest absolute Gasteiger partial charge is 0.456 e. The van der Waals surface area contributed by atoms with Gasteiger partial charge in [0, 0.05) is 33.0 Å². The Bertz CT molecular complexity index is 2640. The Morgan fingerprint density at radius 2 is 1.07 bits per heavy atom. The van der Waals surface area contributed by atoms with E-state index in [4.69, 9.17) is 4.74 Å². The van der Waals surface area contributed by atoms with E-state index in [1.807, 2.05) is 0 Å². The van der Waals surface area contributed by atoms with Gasteiger partial charge in [-0.3, -0.25) is 0 Å². The lowest BCUT2D eigenvalue weighted by Gasteiger charge is -2.22. The molecule has 1 aromatic heterocycles. The van der Waals surface area contributed by atoms with Crippen LogP contribution in [0, 0.1) is 0 Å². The lowest BCUT2D eigenvalue weighted by molar-refractivity contribution is 0.487. The first-order valence-electron chi connectivity index (χ1n) is 15.8. The Hall–Kier alpha value is -6.12. The maximum atomic E-state index is 6.35. The maximum Gasteiger partial charge on any atom is 0.135 e. The van der Waals surface area contributed by atoms with Crippen molar-refractivity contribution in [2.45, 2.75) is 0 Å². The van der Waals surface area contributed by atoms with E-state index in [9.17, 15) is 0 Å². The van der Waals surface area contributed by atoms with Gasteiger partial charge in [0.1, 0.15) is 11.5 Å². The molecule has 0 N–H and O–H groups in total. The smallest absolute Gasteiger partial charge is 0.135 e. The molecule has 0 saturated carbocycles. The molecule has 46 heavy (non-hydrogen) atoms. The van der Waals surface area contributed by atoms with Crippen molar-refractivity contribution in [3.8, 4) is 50.6 Å². The van der Waals surface area contributed by atoms with E-state index < -0.39 is 0 Å². The van der Waals surface area contributed by atoms with Crippen molar-refractivity contribution in [3.05, 3.63) is 164 Å². The van der Waals surface area contributed by atoms with E-state index in [-0.39, 0.29) is 0 Å². The van der Waals surface area contributed by atoms with Gasteiger partial charge >= 0.3 is 0 Å². The summed E-state index contributed by atoms with van der Waals surface area (Å²) in [7, 11) is 0. The molecule has 0 aliphatic carbocycles. The first-order valence-corrected chi connectivity index (χ1v) is 15.8. The molecule has 2 heteroatoms. The molecule has 214 valence electrons. The Morgan fingerprint density at radius 1 is 0.391 bits per heavy atom. The minimum Gasteiger partial charge on any atom is -0.456 e. The number of nitrogens with zero attached hydrogens (tertiary/aromatic N) is 1. The van der Waals surface area contributed by atoms with Gasteiger partial charge in [0.05, 0.1) is 11.0 Å². The van der Waals surface area contributed by atoms with Crippen molar-refractivity contribution in [2.75, 3.05) is 0 Å². The van der Waals surface area contributed by atoms with Gasteiger partial charge in [-0.25, -0.2) is 0 Å². The van der Waals surface area contributed by atoms with Gasteiger partial charge in [0.25, 0.3) is 0 Å². The fourth-order valence-corrected chi connectivity index (χ4v) is 7.42. The summed E-state index contributed by atoms with van der Waals surface area (Å²) in [6.45, 7) is 0. The van der Waals surface area contributed by atoms with E-state index in [1.54, 1.807) is 0 Å². The quantitative estimate of drug-likeness (QED) is 0.201. The standard InChI is InChI=1S/C44H27NO/c1-2-13-34(14-3-1)45-40-27-32-10-5-4-9-31(32)25-38(40)37-17-8-15-35(44(37)45)29-21-19-28(20-22-29)33-23-24-41-39(26-33)36-16-6-11-30-12-7-18-42(46-41)43(30)36/h1-27H. The fraction of sp³-hybridized carbons (Fsp3) is 0. The molecule has 1 aliphatic rings. The fourth-order valence-electron chi connectivity index (χ4n) is 7.42. The molecule has 0 bridgehead atoms. The normalized spacial score (nSPS) is 12.1. The predicted molar refractivity (Wildman–Crippen MR) is 192 cm³/mol. The lowest BCUT2D eigenvalue weighted by Crippen LogP contribution is -1.97. The zero-order chi connectivity index (χ0) is 30.2. The van der Waals surface area contributed by atoms with E-state index in [0.29, 0.717) is 0 Å². The molecule has 2 nitrogen and oxygen atoms in total. The van der Waals surface area contributed by atoms with Crippen LogP contribution in [0.4, 0.5) is 0 Å². The Labute approximate surface area is 266 Å². The summed E-state index contributed by atoms with van der Waals surface area (Å²) in [6, 6.07) is 59.1. The van der Waals surface area contributed by atoms with E-state index >= 15 is 0 Å². The molecule has 1 aliphatic heterocycles. The highest BCUT2D eigenvalue weighted by molar-refractivity contribution is 6.17. The molecule has 0 spiro atoms. The van der Waals surface area contributed by atoms with Crippen LogP contribution >= 0.6 is 0 Å². The van der Waals surface area contributed by atoms with Crippen molar-refractivity contribution >= 4 is 43.4 Å². The third-order valence-corrected chi connectivity index (χ3v) is 9.55. The molecule has 0 unspecified atom stereocenters. The van der Waals surface area contributed by atoms with Crippen LogP contribution in [-0.4, -0.2) is 4.57 Å². The molecule has 0 fully saturated rings. The van der Waals surface area contributed by atoms with Gasteiger partial charge in [-0.1, -0.05) is 121 Å². The van der Waals surface area contributed by atoms with Crippen molar-refractivity contribution < 1.29 is 4.74 Å². The summed E-state index contributed by atoms with van der Waals surface area (Å²) in [5.41, 5.74) is 10.7. The van der Waals surface area contributed by atoms with Crippen molar-refractivity contribution in [1.82, 2.24) is 4.57 Å². The molecule has 0 atom stereocenters. The number of rotatable bonds is 3. The molecule has 8 aromatic carbocycles. The van der Waals surface area contributed by atoms with E-state index in [1.165, 1.54) is 71.2 Å². The van der Waals surface area contributed by atoms with Gasteiger partial charge in [-0.15, -0.1) is 0 Å². The molecule has 0 saturated heterocycles. The second-order valence-electron chi connectivity index (χ2n) is 12.1. The van der Waals surface area contributed by atoms with Crippen LogP contribution in [0.5, 0.6) is 11.5 Å². The summed E-state index contributed by atoms with van der Waals surface area (Å²) >= 11 is 0. The Balaban J connectivity index is 1.13. The monoisotopic (exact) mass is 585 g/mol. The van der Waals surface area contributed by atoms with Crippen LogP contribution in [-0.2, 0) is 0 Å². The number of hydrogen-bond donors (Lipinski definition) is 0. The first kappa shape index (κ1) is 25.2. The first-order chi connectivity index (χ1) is 22.8. The summed E-state index contributed by atoms with van der Waals surface area (Å²) in [5, 5.41) is 7.41. The number of aromatic nitrogens is 1. The van der Waals surface area contributed by atoms with Crippen LogP contribution < -0.4 is 4.74 Å². The minimum atomic E-state index is 0.902. The molecular weight excluding hydrogens is 558 g/mol. The second kappa shape index (κ2) is 9.69. The van der Waals surface area contributed by atoms with E-state index in [2.05, 4.69) is 168 Å². The molecule has 10 rings (SSSR count). The topological polar surface area (TPSA) is 14.2 Å². The van der Waals surface area contributed by atoms with Crippen molar-refractivity contribution in [1.29, 1.82) is 0 Å². The number of fused-ring (bicyclic) bond motifs is 6. The van der Waals surface area contributed by atoms with Gasteiger partial charge in [-0.05, 0) is 80.9 Å². The van der Waals surface area contributed by atoms with Crippen LogP contribution in [0.3, 0.4) is 0 Å². The number of para-hydroxylation sites is 2. The molecule has 9 aromatic rings. The zero-order valence-corrected chi connectivity index (χ0v) is 24.9.